The lowest BCUT2D eigenvalue weighted by molar-refractivity contribution is 0.337. The maximum atomic E-state index is 12.9. The zero-order chi connectivity index (χ0) is 18.3. The van der Waals surface area contributed by atoms with Crippen molar-refractivity contribution in [3.05, 3.63) is 88.3 Å². The molecule has 130 valence electrons. The molecule has 0 aliphatic carbocycles. The zero-order valence-electron chi connectivity index (χ0n) is 15.4. The Morgan fingerprint density at radius 2 is 1.42 bits per heavy atom. The molecule has 0 bridgehead atoms. The van der Waals surface area contributed by atoms with Gasteiger partial charge >= 0.3 is 0 Å². The van der Waals surface area contributed by atoms with Crippen LogP contribution in [0.25, 0.3) is 21.5 Å². The number of nitrogens with zero attached hydrogens (tertiary/aromatic N) is 2. The molecular formula is C23H22N2O. The minimum Gasteiger partial charge on any atom is -0.267 e. The molecule has 3 heteroatoms. The highest BCUT2D eigenvalue weighted by molar-refractivity contribution is 5.88. The molecule has 0 spiro atoms. The van der Waals surface area contributed by atoms with E-state index in [0.29, 0.717) is 6.42 Å². The second-order valence-corrected chi connectivity index (χ2v) is 7.70. The summed E-state index contributed by atoms with van der Waals surface area (Å²) in [7, 11) is 0. The summed E-state index contributed by atoms with van der Waals surface area (Å²) in [6, 6.07) is 22.5. The van der Waals surface area contributed by atoms with Gasteiger partial charge in [-0.05, 0) is 43.2 Å². The van der Waals surface area contributed by atoms with Crippen molar-refractivity contribution in [1.82, 2.24) is 9.78 Å². The van der Waals surface area contributed by atoms with E-state index < -0.39 is 0 Å². The monoisotopic (exact) mass is 342 g/mol. The Morgan fingerprint density at radius 1 is 0.808 bits per heavy atom. The summed E-state index contributed by atoms with van der Waals surface area (Å²) in [6.45, 7) is 6.04. The number of fused-ring (bicyclic) bond motifs is 2. The van der Waals surface area contributed by atoms with Crippen LogP contribution in [-0.4, -0.2) is 9.78 Å². The number of hydrogen-bond donors (Lipinski definition) is 0. The highest BCUT2D eigenvalue weighted by Crippen LogP contribution is 2.24. The van der Waals surface area contributed by atoms with Crippen molar-refractivity contribution in [3.63, 3.8) is 0 Å². The van der Waals surface area contributed by atoms with Gasteiger partial charge in [-0.2, -0.15) is 5.10 Å². The minimum atomic E-state index is -0.366. The Labute approximate surface area is 152 Å². The fourth-order valence-corrected chi connectivity index (χ4v) is 3.47. The molecule has 0 N–H and O–H groups in total. The molecule has 1 heterocycles. The number of hydrogen-bond acceptors (Lipinski definition) is 2. The smallest absolute Gasteiger partial charge is 0.267 e. The highest BCUT2D eigenvalue weighted by atomic mass is 16.1. The van der Waals surface area contributed by atoms with Gasteiger partial charge in [-0.1, -0.05) is 60.7 Å². The van der Waals surface area contributed by atoms with Gasteiger partial charge < -0.3 is 0 Å². The van der Waals surface area contributed by atoms with Crippen LogP contribution in [0.5, 0.6) is 0 Å². The molecule has 4 rings (SSSR count). The molecule has 0 saturated carbocycles. The molecule has 0 unspecified atom stereocenters. The first-order valence-corrected chi connectivity index (χ1v) is 8.93. The van der Waals surface area contributed by atoms with Gasteiger partial charge in [0.2, 0.25) is 0 Å². The van der Waals surface area contributed by atoms with Crippen LogP contribution in [0.1, 0.15) is 32.0 Å². The van der Waals surface area contributed by atoms with Crippen molar-refractivity contribution in [3.8, 4) is 0 Å². The summed E-state index contributed by atoms with van der Waals surface area (Å²) < 4.78 is 1.62. The van der Waals surface area contributed by atoms with Crippen molar-refractivity contribution >= 4 is 21.5 Å². The van der Waals surface area contributed by atoms with Gasteiger partial charge in [-0.25, -0.2) is 4.68 Å². The summed E-state index contributed by atoms with van der Waals surface area (Å²) in [5.41, 5.74) is 1.76. The predicted molar refractivity (Wildman–Crippen MR) is 108 cm³/mol. The molecule has 26 heavy (non-hydrogen) atoms. The number of aromatic nitrogens is 2. The molecule has 0 amide bonds. The van der Waals surface area contributed by atoms with Gasteiger partial charge in [0, 0.05) is 11.8 Å². The van der Waals surface area contributed by atoms with Crippen LogP contribution in [0, 0.1) is 0 Å². The largest absolute Gasteiger partial charge is 0.275 e. The summed E-state index contributed by atoms with van der Waals surface area (Å²) in [5.74, 6) is 0. The predicted octanol–water partition coefficient (Wildman–Crippen LogP) is 4.90. The van der Waals surface area contributed by atoms with Crippen molar-refractivity contribution in [1.29, 1.82) is 0 Å². The lowest BCUT2D eigenvalue weighted by Gasteiger charge is -2.22. The molecular weight excluding hydrogens is 320 g/mol. The standard InChI is InChI=1S/C23H22N2O/c1-23(2,3)25-22(26)20-14-7-6-13-19(20)21(24-25)15-17-11-8-10-16-9-4-5-12-18(16)17/h4-14H,15H2,1-3H3. The summed E-state index contributed by atoms with van der Waals surface area (Å²) in [6.07, 6.45) is 0.693. The van der Waals surface area contributed by atoms with Crippen LogP contribution in [-0.2, 0) is 12.0 Å². The molecule has 1 aromatic heterocycles. The Balaban J connectivity index is 1.96. The fraction of sp³-hybridized carbons (Fsp3) is 0.217. The molecule has 0 aliphatic heterocycles. The first kappa shape index (κ1) is 16.5. The second kappa shape index (κ2) is 6.10. The van der Waals surface area contributed by atoms with Crippen LogP contribution in [0.2, 0.25) is 0 Å². The fourth-order valence-electron chi connectivity index (χ4n) is 3.47. The first-order valence-electron chi connectivity index (χ1n) is 8.93. The quantitative estimate of drug-likeness (QED) is 0.519. The molecule has 0 atom stereocenters. The van der Waals surface area contributed by atoms with Gasteiger partial charge in [0.05, 0.1) is 16.6 Å². The third-order valence-electron chi connectivity index (χ3n) is 4.75. The van der Waals surface area contributed by atoms with E-state index in [9.17, 15) is 4.79 Å². The molecule has 3 aromatic carbocycles. The van der Waals surface area contributed by atoms with Crippen LogP contribution in [0.3, 0.4) is 0 Å². The van der Waals surface area contributed by atoms with Gasteiger partial charge in [0.25, 0.3) is 5.56 Å². The maximum absolute atomic E-state index is 12.9. The van der Waals surface area contributed by atoms with E-state index in [0.717, 1.165) is 16.5 Å². The summed E-state index contributed by atoms with van der Waals surface area (Å²) in [4.78, 5) is 12.9. The van der Waals surface area contributed by atoms with Crippen LogP contribution in [0.4, 0.5) is 0 Å². The first-order chi connectivity index (χ1) is 12.4. The van der Waals surface area contributed by atoms with E-state index in [1.807, 2.05) is 45.0 Å². The van der Waals surface area contributed by atoms with Gasteiger partial charge in [-0.15, -0.1) is 0 Å². The van der Waals surface area contributed by atoms with E-state index >= 15 is 0 Å². The van der Waals surface area contributed by atoms with Crippen LogP contribution >= 0.6 is 0 Å². The van der Waals surface area contributed by atoms with E-state index in [1.165, 1.54) is 16.3 Å². The normalized spacial score (nSPS) is 12.0. The van der Waals surface area contributed by atoms with E-state index in [-0.39, 0.29) is 11.1 Å². The zero-order valence-corrected chi connectivity index (χ0v) is 15.4. The van der Waals surface area contributed by atoms with Gasteiger partial charge in [0.1, 0.15) is 0 Å². The summed E-state index contributed by atoms with van der Waals surface area (Å²) >= 11 is 0. The number of benzene rings is 3. The van der Waals surface area contributed by atoms with Gasteiger partial charge in [-0.3, -0.25) is 4.79 Å². The highest BCUT2D eigenvalue weighted by Gasteiger charge is 2.20. The molecule has 0 fully saturated rings. The lowest BCUT2D eigenvalue weighted by Crippen LogP contribution is -2.36. The van der Waals surface area contributed by atoms with Crippen LogP contribution < -0.4 is 5.56 Å². The Morgan fingerprint density at radius 3 is 2.15 bits per heavy atom. The lowest BCUT2D eigenvalue weighted by atomic mass is 9.98. The van der Waals surface area contributed by atoms with Crippen LogP contribution in [0.15, 0.2) is 71.5 Å². The molecule has 0 aliphatic rings. The minimum absolute atomic E-state index is 0.0326. The Kier molecular flexibility index (Phi) is 3.87. The van der Waals surface area contributed by atoms with Crippen molar-refractivity contribution < 1.29 is 0 Å². The van der Waals surface area contributed by atoms with Crippen molar-refractivity contribution in [2.24, 2.45) is 0 Å². The molecule has 4 aromatic rings. The van der Waals surface area contributed by atoms with Crippen molar-refractivity contribution in [2.45, 2.75) is 32.7 Å². The SMILES string of the molecule is CC(C)(C)n1nc(Cc2cccc3ccccc23)c2ccccc2c1=O. The Hall–Kier alpha value is -2.94. The molecule has 3 nitrogen and oxygen atoms in total. The topological polar surface area (TPSA) is 34.9 Å². The third-order valence-corrected chi connectivity index (χ3v) is 4.75. The molecule has 0 radical (unpaired) electrons. The average Bonchev–Trinajstić information content (AvgIpc) is 2.63. The Bertz CT molecular complexity index is 1160. The second-order valence-electron chi connectivity index (χ2n) is 7.70. The third kappa shape index (κ3) is 2.80. The van der Waals surface area contributed by atoms with E-state index in [4.69, 9.17) is 5.10 Å². The summed E-state index contributed by atoms with van der Waals surface area (Å²) in [5, 5.41) is 8.90. The van der Waals surface area contributed by atoms with Crippen molar-refractivity contribution in [2.75, 3.05) is 0 Å². The maximum Gasteiger partial charge on any atom is 0.275 e. The van der Waals surface area contributed by atoms with Gasteiger partial charge in [0.15, 0.2) is 0 Å². The average molecular weight is 342 g/mol. The number of rotatable bonds is 2. The van der Waals surface area contributed by atoms with E-state index in [2.05, 4.69) is 42.5 Å². The molecule has 0 saturated heterocycles. The van der Waals surface area contributed by atoms with E-state index in [1.54, 1.807) is 4.68 Å².